The summed E-state index contributed by atoms with van der Waals surface area (Å²) in [6, 6.07) is 23.6. The molecule has 1 aliphatic rings. The van der Waals surface area contributed by atoms with Crippen LogP contribution in [0.5, 0.6) is 0 Å². The van der Waals surface area contributed by atoms with Gasteiger partial charge in [0.15, 0.2) is 5.78 Å². The van der Waals surface area contributed by atoms with Crippen molar-refractivity contribution in [3.63, 3.8) is 0 Å². The lowest BCUT2D eigenvalue weighted by Crippen LogP contribution is -3.00. The van der Waals surface area contributed by atoms with Gasteiger partial charge in [-0.1, -0.05) is 60.7 Å². The predicted molar refractivity (Wildman–Crippen MR) is 116 cm³/mol. The molecule has 2 aromatic carbocycles. The van der Waals surface area contributed by atoms with Crippen molar-refractivity contribution in [2.75, 3.05) is 0 Å². The summed E-state index contributed by atoms with van der Waals surface area (Å²) < 4.78 is 4.31. The van der Waals surface area contributed by atoms with Gasteiger partial charge in [-0.05, 0) is 43.2 Å². The molecule has 160 valence electrons. The van der Waals surface area contributed by atoms with E-state index in [1.807, 2.05) is 47.2 Å². The molecule has 1 saturated carbocycles. The van der Waals surface area contributed by atoms with Gasteiger partial charge in [0.2, 0.25) is 0 Å². The van der Waals surface area contributed by atoms with Crippen LogP contribution < -0.4 is 21.5 Å². The van der Waals surface area contributed by atoms with E-state index in [2.05, 4.69) is 48.0 Å². The molecule has 4 nitrogen and oxygen atoms in total. The number of hydrogen-bond donors (Lipinski definition) is 0. The summed E-state index contributed by atoms with van der Waals surface area (Å²) in [5.41, 5.74) is 1.48. The molecule has 5 heteroatoms. The zero-order chi connectivity index (χ0) is 21.1. The summed E-state index contributed by atoms with van der Waals surface area (Å²) >= 11 is 0. The number of carbonyl (C=O) groups is 1. The number of hydrogen-bond acceptors (Lipinski definition) is 2. The molecule has 0 spiro atoms. The Labute approximate surface area is 194 Å². The van der Waals surface area contributed by atoms with Crippen molar-refractivity contribution in [2.24, 2.45) is 5.92 Å². The van der Waals surface area contributed by atoms with Crippen LogP contribution in [0, 0.1) is 24.2 Å². The monoisotopic (exact) mass is 477 g/mol. The molecule has 0 amide bonds. The Morgan fingerprint density at radius 2 is 1.68 bits per heavy atom. The van der Waals surface area contributed by atoms with Gasteiger partial charge in [0.05, 0.1) is 6.07 Å². The summed E-state index contributed by atoms with van der Waals surface area (Å²) in [4.78, 5) is 11.6. The highest BCUT2D eigenvalue weighted by molar-refractivity contribution is 5.73. The molecule has 4 rings (SSSR count). The van der Waals surface area contributed by atoms with Gasteiger partial charge in [0.1, 0.15) is 30.4 Å². The van der Waals surface area contributed by atoms with E-state index in [0.717, 1.165) is 36.2 Å². The lowest BCUT2D eigenvalue weighted by atomic mass is 9.66. The fourth-order valence-corrected chi connectivity index (χ4v) is 5.17. The van der Waals surface area contributed by atoms with E-state index in [1.165, 1.54) is 0 Å². The molecule has 3 aromatic rings. The molecule has 1 heterocycles. The summed E-state index contributed by atoms with van der Waals surface area (Å²) in [6.07, 6.45) is 7.04. The standard InChI is InChI=1S/C26H28N3O.BrH/c1-20(30)18-28-15-16-29(21(28)2)25-14-13-24(17-25)26(19-27,22-9-5-3-6-10-22)23-11-7-4-8-12-23;/h3-12,15-16,24-25H,13-14,17-18H2,1-2H3;1H/q+1;/p-1/t24-,25-;/m1./s1. The van der Waals surface area contributed by atoms with Crippen LogP contribution in [0.25, 0.3) is 0 Å². The molecule has 0 bridgehead atoms. The second-order valence-corrected chi connectivity index (χ2v) is 8.40. The van der Waals surface area contributed by atoms with Crippen LogP contribution in [0.3, 0.4) is 0 Å². The van der Waals surface area contributed by atoms with Crippen molar-refractivity contribution >= 4 is 5.78 Å². The Kier molecular flexibility index (Phi) is 7.12. The first-order valence-corrected chi connectivity index (χ1v) is 10.6. The average Bonchev–Trinajstić information content (AvgIpc) is 3.38. The molecule has 1 aliphatic carbocycles. The van der Waals surface area contributed by atoms with Gasteiger partial charge in [-0.2, -0.15) is 5.26 Å². The fourth-order valence-electron chi connectivity index (χ4n) is 5.17. The molecule has 1 aromatic heterocycles. The highest BCUT2D eigenvalue weighted by atomic mass is 79.9. The number of Topliss-reactive ketones (excluding diaryl/α,β-unsaturated/α-hetero) is 1. The molecule has 0 unspecified atom stereocenters. The van der Waals surface area contributed by atoms with Gasteiger partial charge >= 0.3 is 0 Å². The van der Waals surface area contributed by atoms with Crippen LogP contribution in [0.4, 0.5) is 0 Å². The predicted octanol–water partition coefficient (Wildman–Crippen LogP) is 1.53. The van der Waals surface area contributed by atoms with Crippen molar-refractivity contribution in [3.05, 3.63) is 90.0 Å². The number of ketones is 1. The Bertz CT molecular complexity index is 1030. The number of halogens is 1. The minimum Gasteiger partial charge on any atom is -1.00 e. The molecule has 2 atom stereocenters. The van der Waals surface area contributed by atoms with Gasteiger partial charge in [-0.25, -0.2) is 9.13 Å². The summed E-state index contributed by atoms with van der Waals surface area (Å²) in [7, 11) is 0. The van der Waals surface area contributed by atoms with E-state index in [-0.39, 0.29) is 28.7 Å². The number of nitriles is 1. The Balaban J connectivity index is 0.00000272. The van der Waals surface area contributed by atoms with Crippen molar-refractivity contribution in [3.8, 4) is 6.07 Å². The van der Waals surface area contributed by atoms with E-state index < -0.39 is 5.41 Å². The number of carbonyl (C=O) groups excluding carboxylic acids is 1. The lowest BCUT2D eigenvalue weighted by Gasteiger charge is -2.34. The molecule has 0 radical (unpaired) electrons. The smallest absolute Gasteiger partial charge is 0.253 e. The number of aromatic nitrogens is 2. The minimum atomic E-state index is -0.659. The molecular formula is C26H28BrN3O. The normalized spacial score (nSPS) is 18.2. The quantitative estimate of drug-likeness (QED) is 0.505. The van der Waals surface area contributed by atoms with Gasteiger partial charge in [0.25, 0.3) is 5.82 Å². The SMILES string of the molecule is CC(=O)C[n+]1ccn([C@@H]2CC[C@@H](C(C#N)(c3ccccc3)c3ccccc3)C2)c1C.[Br-]. The van der Waals surface area contributed by atoms with E-state index in [1.54, 1.807) is 6.92 Å². The average molecular weight is 478 g/mol. The highest BCUT2D eigenvalue weighted by Gasteiger charge is 2.47. The van der Waals surface area contributed by atoms with Crippen LogP contribution in [0.15, 0.2) is 73.1 Å². The van der Waals surface area contributed by atoms with Crippen molar-refractivity contribution < 1.29 is 26.3 Å². The van der Waals surface area contributed by atoms with Crippen LogP contribution >= 0.6 is 0 Å². The maximum Gasteiger partial charge on any atom is 0.253 e. The van der Waals surface area contributed by atoms with Gasteiger partial charge < -0.3 is 17.0 Å². The highest BCUT2D eigenvalue weighted by Crippen LogP contribution is 2.49. The number of rotatable bonds is 6. The van der Waals surface area contributed by atoms with Crippen LogP contribution in [0.2, 0.25) is 0 Å². The Morgan fingerprint density at radius 3 is 2.19 bits per heavy atom. The number of imidazole rings is 1. The zero-order valence-electron chi connectivity index (χ0n) is 18.0. The first-order chi connectivity index (χ1) is 14.6. The van der Waals surface area contributed by atoms with Crippen LogP contribution in [-0.4, -0.2) is 10.4 Å². The van der Waals surface area contributed by atoms with Crippen LogP contribution in [-0.2, 0) is 16.8 Å². The molecular weight excluding hydrogens is 450 g/mol. The number of benzene rings is 2. The molecule has 0 aliphatic heterocycles. The van der Waals surface area contributed by atoms with Crippen molar-refractivity contribution in [2.45, 2.75) is 51.1 Å². The summed E-state index contributed by atoms with van der Waals surface area (Å²) in [5.74, 6) is 1.47. The molecule has 1 fully saturated rings. The van der Waals surface area contributed by atoms with Crippen molar-refractivity contribution in [1.29, 1.82) is 5.26 Å². The lowest BCUT2D eigenvalue weighted by molar-refractivity contribution is -0.689. The second-order valence-electron chi connectivity index (χ2n) is 8.40. The maximum absolute atomic E-state index is 11.6. The minimum absolute atomic E-state index is 0. The zero-order valence-corrected chi connectivity index (χ0v) is 19.6. The molecule has 0 saturated heterocycles. The maximum atomic E-state index is 11.6. The first kappa shape index (κ1) is 23.0. The Morgan fingerprint density at radius 1 is 1.10 bits per heavy atom. The van der Waals surface area contributed by atoms with Crippen LogP contribution in [0.1, 0.15) is 49.2 Å². The first-order valence-electron chi connectivity index (χ1n) is 10.6. The second kappa shape index (κ2) is 9.62. The van der Waals surface area contributed by atoms with Gasteiger partial charge in [-0.15, -0.1) is 0 Å². The number of nitrogens with zero attached hydrogens (tertiary/aromatic N) is 3. The Hall–Kier alpha value is -2.71. The third-order valence-corrected chi connectivity index (χ3v) is 6.63. The topological polar surface area (TPSA) is 49.7 Å². The van der Waals surface area contributed by atoms with E-state index in [4.69, 9.17) is 0 Å². The largest absolute Gasteiger partial charge is 1.00 e. The summed E-state index contributed by atoms with van der Waals surface area (Å²) in [6.45, 7) is 4.10. The third-order valence-electron chi connectivity index (χ3n) is 6.63. The fraction of sp³-hybridized carbons (Fsp3) is 0.346. The van der Waals surface area contributed by atoms with Gasteiger partial charge in [0, 0.05) is 6.92 Å². The van der Waals surface area contributed by atoms with E-state index in [9.17, 15) is 10.1 Å². The summed E-state index contributed by atoms with van der Waals surface area (Å²) in [5, 5.41) is 10.6. The molecule has 31 heavy (non-hydrogen) atoms. The van der Waals surface area contributed by atoms with Gasteiger partial charge in [-0.3, -0.25) is 4.79 Å². The van der Waals surface area contributed by atoms with E-state index in [0.29, 0.717) is 12.6 Å². The molecule has 0 N–H and O–H groups in total. The van der Waals surface area contributed by atoms with Crippen molar-refractivity contribution in [1.82, 2.24) is 4.57 Å². The third kappa shape index (κ3) is 4.22. The van der Waals surface area contributed by atoms with E-state index >= 15 is 0 Å².